The van der Waals surface area contributed by atoms with E-state index in [4.69, 9.17) is 10.2 Å². The summed E-state index contributed by atoms with van der Waals surface area (Å²) in [6, 6.07) is 23.9. The molecule has 4 nitrogen and oxygen atoms in total. The number of nitrogens with zero attached hydrogens (tertiary/aromatic N) is 3. The average Bonchev–Trinajstić information content (AvgIpc) is 3.15. The lowest BCUT2D eigenvalue weighted by atomic mass is 10.2. The van der Waals surface area contributed by atoms with Gasteiger partial charge >= 0.3 is 0 Å². The molecule has 0 amide bonds. The Kier molecular flexibility index (Phi) is 5.05. The Bertz CT molecular complexity index is 1180. The van der Waals surface area contributed by atoms with E-state index in [0.29, 0.717) is 21.9 Å². The molecule has 27 heavy (non-hydrogen) atoms. The molecule has 2 aromatic carbocycles. The van der Waals surface area contributed by atoms with Crippen molar-refractivity contribution in [3.8, 4) is 16.5 Å². The van der Waals surface area contributed by atoms with E-state index in [1.807, 2.05) is 66.7 Å². The van der Waals surface area contributed by atoms with Gasteiger partial charge in [0.2, 0.25) is 0 Å². The molecular weight excluding hydrogens is 374 g/mol. The van der Waals surface area contributed by atoms with Crippen LogP contribution in [0.5, 0.6) is 0 Å². The van der Waals surface area contributed by atoms with Crippen molar-refractivity contribution in [2.24, 2.45) is 0 Å². The topological polar surface area (TPSA) is 58.7 Å². The maximum Gasteiger partial charge on any atom is 0.272 e. The van der Waals surface area contributed by atoms with Gasteiger partial charge in [-0.2, -0.15) is 5.26 Å². The molecule has 0 radical (unpaired) electrons. The molecule has 0 atom stereocenters. The Labute approximate surface area is 164 Å². The van der Waals surface area contributed by atoms with E-state index in [9.17, 15) is 4.79 Å². The molecule has 0 aliphatic carbocycles. The van der Waals surface area contributed by atoms with Crippen molar-refractivity contribution >= 4 is 33.3 Å². The van der Waals surface area contributed by atoms with Gasteiger partial charge in [0.25, 0.3) is 5.56 Å². The first-order valence-corrected chi connectivity index (χ1v) is 10.2. The third-order valence-electron chi connectivity index (χ3n) is 4.11. The number of nitriles is 1. The van der Waals surface area contributed by atoms with Crippen LogP contribution in [0, 0.1) is 11.3 Å². The van der Waals surface area contributed by atoms with E-state index >= 15 is 0 Å². The van der Waals surface area contributed by atoms with Crippen molar-refractivity contribution in [3.63, 3.8) is 0 Å². The van der Waals surface area contributed by atoms with Gasteiger partial charge in [-0.15, -0.1) is 11.3 Å². The Balaban J connectivity index is 1.85. The maximum atomic E-state index is 13.2. The highest BCUT2D eigenvalue weighted by Gasteiger charge is 2.15. The van der Waals surface area contributed by atoms with Gasteiger partial charge in [0, 0.05) is 4.88 Å². The fraction of sp³-hybridized carbons (Fsp3) is 0.0952. The van der Waals surface area contributed by atoms with Gasteiger partial charge in [-0.3, -0.25) is 9.36 Å². The summed E-state index contributed by atoms with van der Waals surface area (Å²) in [5.74, 6) is 0.252. The molecule has 132 valence electrons. The zero-order valence-electron chi connectivity index (χ0n) is 14.3. The molecule has 0 fully saturated rings. The molecule has 0 N–H and O–H groups in total. The Morgan fingerprint density at radius 1 is 1.07 bits per heavy atom. The number of benzene rings is 2. The first kappa shape index (κ1) is 17.5. The highest BCUT2D eigenvalue weighted by atomic mass is 32.2. The van der Waals surface area contributed by atoms with Crippen LogP contribution < -0.4 is 5.56 Å². The van der Waals surface area contributed by atoms with E-state index in [1.165, 1.54) is 23.1 Å². The second-order valence-electron chi connectivity index (χ2n) is 5.91. The molecule has 2 aromatic heterocycles. The fourth-order valence-electron chi connectivity index (χ4n) is 2.85. The van der Waals surface area contributed by atoms with E-state index in [0.717, 1.165) is 16.0 Å². The van der Waals surface area contributed by atoms with Crippen molar-refractivity contribution < 1.29 is 0 Å². The van der Waals surface area contributed by atoms with E-state index in [1.54, 1.807) is 4.57 Å². The molecule has 0 spiro atoms. The second kappa shape index (κ2) is 7.78. The first-order chi connectivity index (χ1) is 13.3. The Morgan fingerprint density at radius 3 is 2.48 bits per heavy atom. The van der Waals surface area contributed by atoms with Crippen LogP contribution in [0.2, 0.25) is 0 Å². The summed E-state index contributed by atoms with van der Waals surface area (Å²) < 4.78 is 2.32. The summed E-state index contributed by atoms with van der Waals surface area (Å²) in [7, 11) is 0. The first-order valence-electron chi connectivity index (χ1n) is 8.40. The number of rotatable bonds is 5. The minimum atomic E-state index is -0.0588. The van der Waals surface area contributed by atoms with Gasteiger partial charge in [-0.05, 0) is 17.2 Å². The molecule has 2 heterocycles. The van der Waals surface area contributed by atoms with Crippen LogP contribution in [0.25, 0.3) is 20.7 Å². The predicted molar refractivity (Wildman–Crippen MR) is 111 cm³/mol. The lowest BCUT2D eigenvalue weighted by Crippen LogP contribution is -2.23. The third kappa shape index (κ3) is 3.65. The molecular formula is C21H15N3OS2. The standard InChI is InChI=1S/C21H15N3OS2/c22-11-12-26-21-23-17-13-18(16-9-5-2-6-10-16)27-19(17)20(25)24(21)14-15-7-3-1-4-8-15/h1-10,13H,12,14H2. The summed E-state index contributed by atoms with van der Waals surface area (Å²) in [5, 5.41) is 9.54. The Hall–Kier alpha value is -2.88. The largest absolute Gasteiger partial charge is 0.282 e. The van der Waals surface area contributed by atoms with Gasteiger partial charge in [-0.1, -0.05) is 72.4 Å². The Morgan fingerprint density at radius 2 is 1.78 bits per heavy atom. The van der Waals surface area contributed by atoms with Gasteiger partial charge in [0.1, 0.15) is 4.70 Å². The van der Waals surface area contributed by atoms with E-state index in [2.05, 4.69) is 6.07 Å². The third-order valence-corrected chi connectivity index (χ3v) is 6.11. The highest BCUT2D eigenvalue weighted by Crippen LogP contribution is 2.32. The quantitative estimate of drug-likeness (QED) is 0.364. The van der Waals surface area contributed by atoms with Gasteiger partial charge < -0.3 is 0 Å². The maximum absolute atomic E-state index is 13.2. The molecule has 6 heteroatoms. The molecule has 0 unspecified atom stereocenters. The predicted octanol–water partition coefficient (Wildman–Crippen LogP) is 4.79. The summed E-state index contributed by atoms with van der Waals surface area (Å²) >= 11 is 2.76. The van der Waals surface area contributed by atoms with Crippen molar-refractivity contribution in [2.75, 3.05) is 5.75 Å². The molecule has 0 aliphatic heterocycles. The molecule has 0 aliphatic rings. The molecule has 0 saturated carbocycles. The van der Waals surface area contributed by atoms with Gasteiger partial charge in [-0.25, -0.2) is 4.98 Å². The van der Waals surface area contributed by atoms with Crippen LogP contribution in [-0.4, -0.2) is 15.3 Å². The summed E-state index contributed by atoms with van der Waals surface area (Å²) in [6.07, 6.45) is 0. The smallest absolute Gasteiger partial charge is 0.272 e. The van der Waals surface area contributed by atoms with Gasteiger partial charge in [0.15, 0.2) is 5.16 Å². The molecule has 0 saturated heterocycles. The summed E-state index contributed by atoms with van der Waals surface area (Å²) in [6.45, 7) is 0.439. The van der Waals surface area contributed by atoms with Crippen LogP contribution in [-0.2, 0) is 6.54 Å². The van der Waals surface area contributed by atoms with Crippen LogP contribution in [0.1, 0.15) is 5.56 Å². The van der Waals surface area contributed by atoms with Crippen molar-refractivity contribution in [1.82, 2.24) is 9.55 Å². The summed E-state index contributed by atoms with van der Waals surface area (Å²) in [5.41, 5.74) is 2.73. The van der Waals surface area contributed by atoms with Crippen LogP contribution in [0.4, 0.5) is 0 Å². The van der Waals surface area contributed by atoms with Gasteiger partial charge in [0.05, 0.1) is 23.9 Å². The van der Waals surface area contributed by atoms with E-state index in [-0.39, 0.29) is 11.3 Å². The fourth-order valence-corrected chi connectivity index (χ4v) is 4.56. The normalized spacial score (nSPS) is 10.8. The lowest BCUT2D eigenvalue weighted by molar-refractivity contribution is 0.660. The van der Waals surface area contributed by atoms with Crippen LogP contribution in [0.15, 0.2) is 76.7 Å². The molecule has 0 bridgehead atoms. The lowest BCUT2D eigenvalue weighted by Gasteiger charge is -2.10. The zero-order chi connectivity index (χ0) is 18.6. The molecule has 4 rings (SSSR count). The molecule has 4 aromatic rings. The monoisotopic (exact) mass is 389 g/mol. The summed E-state index contributed by atoms with van der Waals surface area (Å²) in [4.78, 5) is 18.9. The van der Waals surface area contributed by atoms with E-state index < -0.39 is 0 Å². The van der Waals surface area contributed by atoms with Crippen LogP contribution >= 0.6 is 23.1 Å². The number of thioether (sulfide) groups is 1. The van der Waals surface area contributed by atoms with Crippen molar-refractivity contribution in [3.05, 3.63) is 82.6 Å². The number of hydrogen-bond donors (Lipinski definition) is 0. The van der Waals surface area contributed by atoms with Crippen molar-refractivity contribution in [1.29, 1.82) is 5.26 Å². The van der Waals surface area contributed by atoms with Crippen molar-refractivity contribution in [2.45, 2.75) is 11.7 Å². The highest BCUT2D eigenvalue weighted by molar-refractivity contribution is 7.99. The zero-order valence-corrected chi connectivity index (χ0v) is 16.0. The average molecular weight is 390 g/mol. The minimum Gasteiger partial charge on any atom is -0.282 e. The number of hydrogen-bond acceptors (Lipinski definition) is 5. The number of thiophene rings is 1. The minimum absolute atomic E-state index is 0.0588. The second-order valence-corrected chi connectivity index (χ2v) is 7.90. The number of aromatic nitrogens is 2. The number of fused-ring (bicyclic) bond motifs is 1. The SMILES string of the molecule is N#CCSc1nc2cc(-c3ccccc3)sc2c(=O)n1Cc1ccccc1. The van der Waals surface area contributed by atoms with Crippen LogP contribution in [0.3, 0.4) is 0 Å².